The summed E-state index contributed by atoms with van der Waals surface area (Å²) < 4.78 is 27.5. The first-order valence-electron chi connectivity index (χ1n) is 6.84. The Morgan fingerprint density at radius 2 is 2.00 bits per heavy atom. The van der Waals surface area contributed by atoms with E-state index >= 15 is 0 Å². The van der Waals surface area contributed by atoms with Crippen molar-refractivity contribution in [2.24, 2.45) is 11.1 Å². The summed E-state index contributed by atoms with van der Waals surface area (Å²) in [5, 5.41) is 8.01. The third kappa shape index (κ3) is 4.03. The van der Waals surface area contributed by atoms with E-state index in [1.807, 2.05) is 0 Å². The van der Waals surface area contributed by atoms with Crippen molar-refractivity contribution < 1.29 is 17.9 Å². The quantitative estimate of drug-likeness (QED) is 0.843. The number of sulfonamides is 1. The number of primary sulfonamides is 1. The molecule has 0 radical (unpaired) electrons. The van der Waals surface area contributed by atoms with Crippen LogP contribution < -0.4 is 10.5 Å². The molecule has 21 heavy (non-hydrogen) atoms. The van der Waals surface area contributed by atoms with Crippen LogP contribution in [0.1, 0.15) is 29.6 Å². The van der Waals surface area contributed by atoms with Crippen molar-refractivity contribution in [2.45, 2.75) is 30.2 Å². The fourth-order valence-electron chi connectivity index (χ4n) is 2.69. The number of nitrogens with two attached hydrogens (primary N) is 1. The van der Waals surface area contributed by atoms with Gasteiger partial charge in [-0.25, -0.2) is 13.6 Å². The summed E-state index contributed by atoms with van der Waals surface area (Å²) in [6.07, 6.45) is 3.06. The fourth-order valence-corrected chi connectivity index (χ4v) is 3.20. The van der Waals surface area contributed by atoms with Gasteiger partial charge in [0.2, 0.25) is 10.0 Å². The zero-order valence-corrected chi connectivity index (χ0v) is 12.7. The molecule has 116 valence electrons. The maximum atomic E-state index is 12.2. The van der Waals surface area contributed by atoms with E-state index in [1.54, 1.807) is 7.11 Å². The SMILES string of the molecule is COC[C@@H]1CCC[C@@H]1NC(=O)c1ccc(S(N)(=O)=O)cc1. The van der Waals surface area contributed by atoms with Crippen LogP contribution in [0.3, 0.4) is 0 Å². The average molecular weight is 312 g/mol. The minimum Gasteiger partial charge on any atom is -0.384 e. The molecule has 1 fully saturated rings. The Labute approximate surface area is 124 Å². The number of ether oxygens (including phenoxy) is 1. The highest BCUT2D eigenvalue weighted by Crippen LogP contribution is 2.26. The highest BCUT2D eigenvalue weighted by molar-refractivity contribution is 7.89. The molecule has 0 spiro atoms. The molecular weight excluding hydrogens is 292 g/mol. The summed E-state index contributed by atoms with van der Waals surface area (Å²) >= 11 is 0. The molecule has 0 aliphatic heterocycles. The Hall–Kier alpha value is -1.44. The minimum absolute atomic E-state index is 0.00261. The monoisotopic (exact) mass is 312 g/mol. The second-order valence-electron chi connectivity index (χ2n) is 5.30. The maximum absolute atomic E-state index is 12.2. The Kier molecular flexibility index (Phi) is 4.97. The largest absolute Gasteiger partial charge is 0.384 e. The molecule has 0 unspecified atom stereocenters. The summed E-state index contributed by atoms with van der Waals surface area (Å²) in [5.41, 5.74) is 0.422. The number of benzene rings is 1. The second-order valence-corrected chi connectivity index (χ2v) is 6.86. The third-order valence-electron chi connectivity index (χ3n) is 3.80. The molecule has 0 aromatic heterocycles. The van der Waals surface area contributed by atoms with E-state index in [0.717, 1.165) is 19.3 Å². The minimum atomic E-state index is -3.73. The van der Waals surface area contributed by atoms with Gasteiger partial charge in [0.25, 0.3) is 5.91 Å². The van der Waals surface area contributed by atoms with Crippen molar-refractivity contribution in [1.29, 1.82) is 0 Å². The van der Waals surface area contributed by atoms with Gasteiger partial charge in [0.1, 0.15) is 0 Å². The molecule has 1 aromatic rings. The van der Waals surface area contributed by atoms with E-state index in [4.69, 9.17) is 9.88 Å². The summed E-state index contributed by atoms with van der Waals surface area (Å²) in [4.78, 5) is 12.2. The molecule has 0 saturated heterocycles. The van der Waals surface area contributed by atoms with Gasteiger partial charge >= 0.3 is 0 Å². The van der Waals surface area contributed by atoms with Crippen molar-refractivity contribution in [2.75, 3.05) is 13.7 Å². The molecular formula is C14H20N2O4S. The van der Waals surface area contributed by atoms with Gasteiger partial charge in [-0.05, 0) is 37.1 Å². The van der Waals surface area contributed by atoms with Gasteiger partial charge in [-0.1, -0.05) is 6.42 Å². The van der Waals surface area contributed by atoms with E-state index in [1.165, 1.54) is 24.3 Å². The van der Waals surface area contributed by atoms with Crippen LogP contribution in [0.2, 0.25) is 0 Å². The molecule has 7 heteroatoms. The van der Waals surface area contributed by atoms with E-state index in [0.29, 0.717) is 18.1 Å². The number of methoxy groups -OCH3 is 1. The van der Waals surface area contributed by atoms with Gasteiger partial charge in [0, 0.05) is 24.6 Å². The number of carbonyl (C=O) groups is 1. The first-order valence-corrected chi connectivity index (χ1v) is 8.39. The molecule has 1 aliphatic carbocycles. The first kappa shape index (κ1) is 15.9. The highest BCUT2D eigenvalue weighted by atomic mass is 32.2. The number of carbonyl (C=O) groups excluding carboxylic acids is 1. The summed E-state index contributed by atoms with van der Waals surface area (Å²) in [6.45, 7) is 0.634. The lowest BCUT2D eigenvalue weighted by molar-refractivity contribution is 0.0898. The average Bonchev–Trinajstić information content (AvgIpc) is 2.86. The van der Waals surface area contributed by atoms with Crippen LogP contribution in [-0.2, 0) is 14.8 Å². The van der Waals surface area contributed by atoms with Gasteiger partial charge in [-0.2, -0.15) is 0 Å². The Morgan fingerprint density at radius 1 is 1.33 bits per heavy atom. The zero-order chi connectivity index (χ0) is 15.5. The van der Waals surface area contributed by atoms with Crippen molar-refractivity contribution in [1.82, 2.24) is 5.32 Å². The maximum Gasteiger partial charge on any atom is 0.251 e. The Morgan fingerprint density at radius 3 is 2.57 bits per heavy atom. The van der Waals surface area contributed by atoms with Crippen molar-refractivity contribution in [3.63, 3.8) is 0 Å². The Balaban J connectivity index is 2.03. The number of rotatable bonds is 5. The predicted octanol–water partition coefficient (Wildman–Crippen LogP) is 0.879. The highest BCUT2D eigenvalue weighted by Gasteiger charge is 2.28. The lowest BCUT2D eigenvalue weighted by atomic mass is 10.0. The second kappa shape index (κ2) is 6.55. The molecule has 1 saturated carbocycles. The molecule has 2 rings (SSSR count). The molecule has 6 nitrogen and oxygen atoms in total. The normalized spacial score (nSPS) is 22.2. The predicted molar refractivity (Wildman–Crippen MR) is 78.3 cm³/mol. The van der Waals surface area contributed by atoms with Crippen LogP contribution in [0.4, 0.5) is 0 Å². The molecule has 0 heterocycles. The van der Waals surface area contributed by atoms with Crippen LogP contribution in [0.15, 0.2) is 29.2 Å². The number of amides is 1. The van der Waals surface area contributed by atoms with E-state index in [9.17, 15) is 13.2 Å². The van der Waals surface area contributed by atoms with Crippen LogP contribution in [0.25, 0.3) is 0 Å². The van der Waals surface area contributed by atoms with Crippen LogP contribution in [-0.4, -0.2) is 34.1 Å². The smallest absolute Gasteiger partial charge is 0.251 e. The molecule has 0 bridgehead atoms. The first-order chi connectivity index (χ1) is 9.91. The topological polar surface area (TPSA) is 98.5 Å². The van der Waals surface area contributed by atoms with Crippen LogP contribution >= 0.6 is 0 Å². The van der Waals surface area contributed by atoms with Crippen molar-refractivity contribution >= 4 is 15.9 Å². The van der Waals surface area contributed by atoms with Gasteiger partial charge < -0.3 is 10.1 Å². The molecule has 2 atom stereocenters. The summed E-state index contributed by atoms with van der Waals surface area (Å²) in [7, 11) is -2.08. The summed E-state index contributed by atoms with van der Waals surface area (Å²) in [6, 6.07) is 5.72. The Bertz CT molecular complexity index is 598. The van der Waals surface area contributed by atoms with Gasteiger partial charge in [-0.3, -0.25) is 4.79 Å². The lowest BCUT2D eigenvalue weighted by Gasteiger charge is -2.20. The molecule has 3 N–H and O–H groups in total. The van der Waals surface area contributed by atoms with Crippen LogP contribution in [0, 0.1) is 5.92 Å². The van der Waals surface area contributed by atoms with Gasteiger partial charge in [0.15, 0.2) is 0 Å². The molecule has 1 aromatic carbocycles. The third-order valence-corrected chi connectivity index (χ3v) is 4.73. The number of nitrogens with one attached hydrogen (secondary N) is 1. The molecule has 1 aliphatic rings. The van der Waals surface area contributed by atoms with E-state index in [2.05, 4.69) is 5.32 Å². The number of hydrogen-bond donors (Lipinski definition) is 2. The van der Waals surface area contributed by atoms with Crippen LogP contribution in [0.5, 0.6) is 0 Å². The van der Waals surface area contributed by atoms with Gasteiger partial charge in [-0.15, -0.1) is 0 Å². The van der Waals surface area contributed by atoms with Gasteiger partial charge in [0.05, 0.1) is 11.5 Å². The fraction of sp³-hybridized carbons (Fsp3) is 0.500. The van der Waals surface area contributed by atoms with Crippen molar-refractivity contribution in [3.05, 3.63) is 29.8 Å². The summed E-state index contributed by atoms with van der Waals surface area (Å²) in [5.74, 6) is 0.131. The van der Waals surface area contributed by atoms with E-state index in [-0.39, 0.29) is 16.8 Å². The molecule has 1 amide bonds. The van der Waals surface area contributed by atoms with Crippen molar-refractivity contribution in [3.8, 4) is 0 Å². The lowest BCUT2D eigenvalue weighted by Crippen LogP contribution is -2.38. The standard InChI is InChI=1S/C14H20N2O4S/c1-20-9-11-3-2-4-13(11)16-14(17)10-5-7-12(8-6-10)21(15,18)19/h5-8,11,13H,2-4,9H2,1H3,(H,16,17)(H2,15,18,19)/t11-,13-/m0/s1. The zero-order valence-electron chi connectivity index (χ0n) is 11.9. The van der Waals surface area contributed by atoms with E-state index < -0.39 is 10.0 Å². The number of hydrogen-bond acceptors (Lipinski definition) is 4.